The number of carbonyl (C=O) groups is 2. The number of fused-ring (bicyclic) bond motifs is 1. The number of ether oxygens (including phenoxy) is 1. The number of allylic oxidation sites excluding steroid dienone is 1. The second-order valence-corrected chi connectivity index (χ2v) is 4.41. The maximum absolute atomic E-state index is 12.1. The highest BCUT2D eigenvalue weighted by molar-refractivity contribution is 5.98. The fraction of sp³-hybridized carbons (Fsp3) is 0.333. The molecule has 0 saturated carbocycles. The molecule has 19 heavy (non-hydrogen) atoms. The molecule has 1 heterocycles. The Morgan fingerprint density at radius 2 is 2.11 bits per heavy atom. The summed E-state index contributed by atoms with van der Waals surface area (Å²) in [5, 5.41) is 2.70. The van der Waals surface area contributed by atoms with Crippen LogP contribution in [0.25, 0.3) is 0 Å². The number of hydrogen-bond donors (Lipinski definition) is 1. The normalized spacial score (nSPS) is 21.9. The average Bonchev–Trinajstić information content (AvgIpc) is 2.43. The van der Waals surface area contributed by atoms with E-state index < -0.39 is 6.04 Å². The first kappa shape index (κ1) is 13.3. The molecule has 0 aliphatic carbocycles. The van der Waals surface area contributed by atoms with Crippen LogP contribution >= 0.6 is 0 Å². The van der Waals surface area contributed by atoms with Crippen molar-refractivity contribution in [3.8, 4) is 5.75 Å². The molecule has 2 rings (SSSR count). The smallest absolute Gasteiger partial charge is 0.255 e. The summed E-state index contributed by atoms with van der Waals surface area (Å²) in [6.07, 6.45) is 7.02. The number of para-hydroxylation sites is 1. The highest BCUT2D eigenvalue weighted by Gasteiger charge is 2.16. The number of nitrogens with one attached hydrogen (secondary N) is 1. The van der Waals surface area contributed by atoms with E-state index in [9.17, 15) is 9.59 Å². The Hall–Kier alpha value is -2.10. The molecular weight excluding hydrogens is 242 g/mol. The average molecular weight is 259 g/mol. The molecule has 0 fully saturated rings. The van der Waals surface area contributed by atoms with E-state index in [4.69, 9.17) is 4.74 Å². The van der Waals surface area contributed by atoms with Crippen molar-refractivity contribution in [2.24, 2.45) is 0 Å². The van der Waals surface area contributed by atoms with E-state index in [2.05, 4.69) is 5.32 Å². The first-order chi connectivity index (χ1) is 9.31. The second kappa shape index (κ2) is 6.73. The number of carbonyl (C=O) groups excluding carboxylic acids is 2. The molecule has 1 unspecified atom stereocenters. The van der Waals surface area contributed by atoms with Crippen LogP contribution < -0.4 is 10.1 Å². The van der Waals surface area contributed by atoms with Crippen molar-refractivity contribution in [3.05, 3.63) is 42.0 Å². The van der Waals surface area contributed by atoms with Crippen molar-refractivity contribution < 1.29 is 14.3 Å². The Morgan fingerprint density at radius 1 is 1.26 bits per heavy atom. The Morgan fingerprint density at radius 3 is 2.95 bits per heavy atom. The van der Waals surface area contributed by atoms with Gasteiger partial charge in [-0.05, 0) is 31.4 Å². The summed E-state index contributed by atoms with van der Waals surface area (Å²) in [5.41, 5.74) is 0.471. The third kappa shape index (κ3) is 3.68. The van der Waals surface area contributed by atoms with E-state index in [1.165, 1.54) is 0 Å². The fourth-order valence-electron chi connectivity index (χ4n) is 1.92. The standard InChI is InChI=1S/C15H17NO3/c17-11-12-7-3-1-2-6-10-19-14-9-5-4-8-13(14)15(18)16-12/h1,3-5,8-9,11-12H,2,6-7,10H2,(H,16,18)/b3-1+. The molecule has 1 aliphatic rings. The molecule has 4 heteroatoms. The van der Waals surface area contributed by atoms with E-state index in [-0.39, 0.29) is 5.91 Å². The van der Waals surface area contributed by atoms with E-state index in [0.717, 1.165) is 19.1 Å². The molecule has 0 radical (unpaired) electrons. The first-order valence-corrected chi connectivity index (χ1v) is 6.44. The van der Waals surface area contributed by atoms with Crippen LogP contribution in [0.5, 0.6) is 5.75 Å². The molecule has 1 aromatic rings. The minimum atomic E-state index is -0.490. The van der Waals surface area contributed by atoms with Gasteiger partial charge in [-0.3, -0.25) is 4.79 Å². The third-order valence-corrected chi connectivity index (χ3v) is 2.94. The second-order valence-electron chi connectivity index (χ2n) is 4.41. The van der Waals surface area contributed by atoms with Crippen LogP contribution in [0.1, 0.15) is 29.6 Å². The van der Waals surface area contributed by atoms with Crippen LogP contribution in [-0.4, -0.2) is 24.8 Å². The zero-order valence-corrected chi connectivity index (χ0v) is 10.7. The van der Waals surface area contributed by atoms with Gasteiger partial charge < -0.3 is 14.8 Å². The molecule has 1 aromatic carbocycles. The maximum atomic E-state index is 12.1. The lowest BCUT2D eigenvalue weighted by molar-refractivity contribution is -0.109. The van der Waals surface area contributed by atoms with Gasteiger partial charge in [-0.2, -0.15) is 0 Å². The Labute approximate surface area is 112 Å². The number of amides is 1. The quantitative estimate of drug-likeness (QED) is 0.620. The summed E-state index contributed by atoms with van der Waals surface area (Å²) in [7, 11) is 0. The topological polar surface area (TPSA) is 55.4 Å². The minimum Gasteiger partial charge on any atom is -0.493 e. The van der Waals surface area contributed by atoms with Gasteiger partial charge in [0, 0.05) is 0 Å². The first-order valence-electron chi connectivity index (χ1n) is 6.44. The number of hydrogen-bond acceptors (Lipinski definition) is 3. The van der Waals surface area contributed by atoms with Crippen molar-refractivity contribution in [1.82, 2.24) is 5.32 Å². The predicted octanol–water partition coefficient (Wildman–Crippen LogP) is 2.10. The van der Waals surface area contributed by atoms with E-state index >= 15 is 0 Å². The summed E-state index contributed by atoms with van der Waals surface area (Å²) in [5.74, 6) is 0.288. The van der Waals surface area contributed by atoms with Crippen LogP contribution in [0.4, 0.5) is 0 Å². The zero-order valence-electron chi connectivity index (χ0n) is 10.7. The van der Waals surface area contributed by atoms with Gasteiger partial charge in [-0.15, -0.1) is 0 Å². The maximum Gasteiger partial charge on any atom is 0.255 e. The molecule has 0 spiro atoms. The molecule has 100 valence electrons. The Bertz CT molecular complexity index is 482. The fourth-order valence-corrected chi connectivity index (χ4v) is 1.92. The highest BCUT2D eigenvalue weighted by atomic mass is 16.5. The van der Waals surface area contributed by atoms with Crippen LogP contribution in [0, 0.1) is 0 Å². The van der Waals surface area contributed by atoms with Gasteiger partial charge in [0.2, 0.25) is 0 Å². The lowest BCUT2D eigenvalue weighted by Gasteiger charge is -2.15. The van der Waals surface area contributed by atoms with Gasteiger partial charge in [-0.25, -0.2) is 0 Å². The third-order valence-electron chi connectivity index (χ3n) is 2.94. The molecule has 1 atom stereocenters. The monoisotopic (exact) mass is 259 g/mol. The lowest BCUT2D eigenvalue weighted by Crippen LogP contribution is -2.35. The summed E-state index contributed by atoms with van der Waals surface area (Å²) in [6, 6.07) is 6.59. The van der Waals surface area contributed by atoms with Crippen molar-refractivity contribution in [2.45, 2.75) is 25.3 Å². The van der Waals surface area contributed by atoms with Gasteiger partial charge in [0.1, 0.15) is 12.0 Å². The molecule has 0 aromatic heterocycles. The number of aldehydes is 1. The molecule has 1 aliphatic heterocycles. The van der Waals surface area contributed by atoms with Gasteiger partial charge in [0.05, 0.1) is 18.2 Å². The molecular formula is C15H17NO3. The van der Waals surface area contributed by atoms with Crippen molar-refractivity contribution >= 4 is 12.2 Å². The number of rotatable bonds is 1. The van der Waals surface area contributed by atoms with Gasteiger partial charge in [-0.1, -0.05) is 24.3 Å². The largest absolute Gasteiger partial charge is 0.493 e. The van der Waals surface area contributed by atoms with Gasteiger partial charge in [0.25, 0.3) is 5.91 Å². The van der Waals surface area contributed by atoms with Gasteiger partial charge >= 0.3 is 0 Å². The molecule has 4 nitrogen and oxygen atoms in total. The summed E-state index contributed by atoms with van der Waals surface area (Å²) < 4.78 is 5.62. The SMILES string of the molecule is O=CC1C/C=C/CCCOc2ccccc2C(=O)N1. The Balaban J connectivity index is 2.23. The molecule has 1 amide bonds. The van der Waals surface area contributed by atoms with E-state index in [1.54, 1.807) is 18.2 Å². The molecule has 0 bridgehead atoms. The van der Waals surface area contributed by atoms with E-state index in [1.807, 2.05) is 18.2 Å². The lowest BCUT2D eigenvalue weighted by atomic mass is 10.1. The summed E-state index contributed by atoms with van der Waals surface area (Å²) >= 11 is 0. The minimum absolute atomic E-state index is 0.276. The molecule has 0 saturated heterocycles. The highest BCUT2D eigenvalue weighted by Crippen LogP contribution is 2.18. The van der Waals surface area contributed by atoms with Crippen molar-refractivity contribution in [3.63, 3.8) is 0 Å². The van der Waals surface area contributed by atoms with Crippen molar-refractivity contribution in [2.75, 3.05) is 6.61 Å². The number of benzene rings is 1. The summed E-state index contributed by atoms with van der Waals surface area (Å²) in [4.78, 5) is 23.1. The van der Waals surface area contributed by atoms with E-state index in [0.29, 0.717) is 24.3 Å². The van der Waals surface area contributed by atoms with Crippen molar-refractivity contribution in [1.29, 1.82) is 0 Å². The Kier molecular flexibility index (Phi) is 4.72. The summed E-state index contributed by atoms with van der Waals surface area (Å²) in [6.45, 7) is 0.575. The molecule has 1 N–H and O–H groups in total. The zero-order chi connectivity index (χ0) is 13.5. The van der Waals surface area contributed by atoms with Crippen LogP contribution in [-0.2, 0) is 4.79 Å². The van der Waals surface area contributed by atoms with Gasteiger partial charge in [0.15, 0.2) is 0 Å². The van der Waals surface area contributed by atoms with Crippen LogP contribution in [0.3, 0.4) is 0 Å². The predicted molar refractivity (Wildman–Crippen MR) is 72.2 cm³/mol. The van der Waals surface area contributed by atoms with Crippen LogP contribution in [0.2, 0.25) is 0 Å². The van der Waals surface area contributed by atoms with Crippen LogP contribution in [0.15, 0.2) is 36.4 Å².